The van der Waals surface area contributed by atoms with E-state index in [-0.39, 0.29) is 33.6 Å². The van der Waals surface area contributed by atoms with Crippen molar-refractivity contribution >= 4 is 40.5 Å². The molecule has 0 radical (unpaired) electrons. The van der Waals surface area contributed by atoms with Crippen molar-refractivity contribution in [1.82, 2.24) is 0 Å². The Balaban J connectivity index is 2.06. The summed E-state index contributed by atoms with van der Waals surface area (Å²) in [6.07, 6.45) is -4.50. The Labute approximate surface area is 152 Å². The van der Waals surface area contributed by atoms with Gasteiger partial charge in [-0.3, -0.25) is 0 Å². The van der Waals surface area contributed by atoms with Crippen molar-refractivity contribution in [2.45, 2.75) is 18.0 Å². The minimum absolute atomic E-state index is 0.0287. The molecule has 1 unspecified atom stereocenters. The van der Waals surface area contributed by atoms with Crippen LogP contribution in [-0.2, 0) is 5.41 Å². The normalized spacial score (nSPS) is 21.3. The number of halogens is 6. The summed E-state index contributed by atoms with van der Waals surface area (Å²) in [7, 11) is 0. The van der Waals surface area contributed by atoms with Crippen LogP contribution in [0, 0.1) is 0 Å². The summed E-state index contributed by atoms with van der Waals surface area (Å²) in [5, 5.41) is 0.124. The van der Waals surface area contributed by atoms with E-state index in [9.17, 15) is 13.2 Å². The van der Waals surface area contributed by atoms with Gasteiger partial charge in [-0.05, 0) is 36.2 Å². The summed E-state index contributed by atoms with van der Waals surface area (Å²) in [5.41, 5.74) is -1.22. The summed E-state index contributed by atoms with van der Waals surface area (Å²) in [4.78, 5) is 1.73. The lowest BCUT2D eigenvalue weighted by atomic mass is 9.79. The Hall–Kier alpha value is -1.10. The van der Waals surface area contributed by atoms with Crippen molar-refractivity contribution in [2.75, 3.05) is 18.0 Å². The molecule has 1 heterocycles. The van der Waals surface area contributed by atoms with Crippen LogP contribution in [0.4, 0.5) is 18.9 Å². The summed E-state index contributed by atoms with van der Waals surface area (Å²) < 4.78 is 42.0. The van der Waals surface area contributed by atoms with Crippen molar-refractivity contribution in [2.24, 2.45) is 0 Å². The van der Waals surface area contributed by atoms with Crippen molar-refractivity contribution in [3.8, 4) is 0 Å². The van der Waals surface area contributed by atoms with E-state index in [4.69, 9.17) is 34.8 Å². The average Bonchev–Trinajstić information content (AvgIpc) is 2.99. The highest BCUT2D eigenvalue weighted by atomic mass is 35.5. The number of anilines is 1. The molecule has 1 nitrogen and oxygen atoms in total. The second-order valence-electron chi connectivity index (χ2n) is 5.84. The fourth-order valence-electron chi connectivity index (χ4n) is 3.13. The lowest BCUT2D eigenvalue weighted by Gasteiger charge is -2.33. The summed E-state index contributed by atoms with van der Waals surface area (Å²) in [6.45, 7) is 0.107. The number of nitrogens with zero attached hydrogens (tertiary/aromatic N) is 1. The largest absolute Gasteiger partial charge is 0.400 e. The van der Waals surface area contributed by atoms with Gasteiger partial charge in [0.15, 0.2) is 0 Å². The molecule has 1 saturated heterocycles. The van der Waals surface area contributed by atoms with Gasteiger partial charge in [0.2, 0.25) is 0 Å². The van der Waals surface area contributed by atoms with Gasteiger partial charge in [-0.1, -0.05) is 53.0 Å². The highest BCUT2D eigenvalue weighted by molar-refractivity contribution is 6.48. The maximum atomic E-state index is 14.0. The molecule has 1 aliphatic heterocycles. The van der Waals surface area contributed by atoms with Gasteiger partial charge in [-0.2, -0.15) is 13.2 Å². The minimum Gasteiger partial charge on any atom is -0.370 e. The standard InChI is InChI=1S/C17H13Cl3F3N/c18-13-8-11(9-14(19)15(13)20)16(17(21,22)23)6-7-24(10-16)12-4-2-1-3-5-12/h1-5,8-9H,6-7,10H2. The first kappa shape index (κ1) is 17.7. The zero-order chi connectivity index (χ0) is 17.5. The number of hydrogen-bond acceptors (Lipinski definition) is 1. The second kappa shape index (κ2) is 6.32. The Kier molecular flexibility index (Phi) is 4.67. The quantitative estimate of drug-likeness (QED) is 0.536. The smallest absolute Gasteiger partial charge is 0.370 e. The molecule has 1 aliphatic rings. The Bertz CT molecular complexity index is 725. The summed E-state index contributed by atoms with van der Waals surface area (Å²) in [6, 6.07) is 11.6. The number of alkyl halides is 3. The molecule has 7 heteroatoms. The molecular weight excluding hydrogens is 382 g/mol. The summed E-state index contributed by atoms with van der Waals surface area (Å²) >= 11 is 17.8. The van der Waals surface area contributed by atoms with E-state index in [0.29, 0.717) is 6.54 Å². The van der Waals surface area contributed by atoms with Crippen molar-refractivity contribution in [1.29, 1.82) is 0 Å². The first-order valence-corrected chi connectivity index (χ1v) is 8.40. The lowest BCUT2D eigenvalue weighted by Crippen LogP contribution is -2.44. The van der Waals surface area contributed by atoms with E-state index in [2.05, 4.69) is 0 Å². The molecule has 2 aromatic rings. The van der Waals surface area contributed by atoms with Crippen LogP contribution in [0.1, 0.15) is 12.0 Å². The van der Waals surface area contributed by atoms with Crippen LogP contribution in [0.25, 0.3) is 0 Å². The molecule has 0 bridgehead atoms. The lowest BCUT2D eigenvalue weighted by molar-refractivity contribution is -0.184. The molecule has 0 aromatic heterocycles. The molecule has 0 aliphatic carbocycles. The molecule has 3 rings (SSSR count). The van der Waals surface area contributed by atoms with Crippen LogP contribution in [0.3, 0.4) is 0 Å². The number of para-hydroxylation sites is 1. The van der Waals surface area contributed by atoms with E-state index in [1.54, 1.807) is 29.2 Å². The van der Waals surface area contributed by atoms with Gasteiger partial charge in [0.1, 0.15) is 5.41 Å². The summed E-state index contributed by atoms with van der Waals surface area (Å²) in [5.74, 6) is 0. The molecule has 24 heavy (non-hydrogen) atoms. The highest BCUT2D eigenvalue weighted by Crippen LogP contribution is 2.50. The third-order valence-electron chi connectivity index (χ3n) is 4.47. The van der Waals surface area contributed by atoms with E-state index in [1.807, 2.05) is 6.07 Å². The van der Waals surface area contributed by atoms with E-state index < -0.39 is 11.6 Å². The van der Waals surface area contributed by atoms with Crippen LogP contribution in [0.15, 0.2) is 42.5 Å². The van der Waals surface area contributed by atoms with Crippen LogP contribution < -0.4 is 4.90 Å². The first-order chi connectivity index (χ1) is 11.2. The Morgan fingerprint density at radius 2 is 1.54 bits per heavy atom. The molecule has 0 amide bonds. The van der Waals surface area contributed by atoms with Gasteiger partial charge in [-0.15, -0.1) is 0 Å². The maximum absolute atomic E-state index is 14.0. The second-order valence-corrected chi connectivity index (χ2v) is 7.03. The van der Waals surface area contributed by atoms with Crippen LogP contribution >= 0.6 is 34.8 Å². The van der Waals surface area contributed by atoms with Gasteiger partial charge >= 0.3 is 6.18 Å². The van der Waals surface area contributed by atoms with Gasteiger partial charge in [0.05, 0.1) is 15.1 Å². The predicted molar refractivity (Wildman–Crippen MR) is 92.5 cm³/mol. The third kappa shape index (κ3) is 2.96. The van der Waals surface area contributed by atoms with E-state index in [1.165, 1.54) is 12.1 Å². The zero-order valence-corrected chi connectivity index (χ0v) is 14.6. The van der Waals surface area contributed by atoms with Gasteiger partial charge in [0.25, 0.3) is 0 Å². The fourth-order valence-corrected chi connectivity index (χ4v) is 3.73. The van der Waals surface area contributed by atoms with Gasteiger partial charge < -0.3 is 4.90 Å². The van der Waals surface area contributed by atoms with Crippen LogP contribution in [-0.4, -0.2) is 19.3 Å². The molecule has 0 spiro atoms. The molecule has 1 fully saturated rings. The topological polar surface area (TPSA) is 3.24 Å². The first-order valence-electron chi connectivity index (χ1n) is 7.26. The monoisotopic (exact) mass is 393 g/mol. The molecule has 2 aromatic carbocycles. The van der Waals surface area contributed by atoms with Crippen LogP contribution in [0.2, 0.25) is 15.1 Å². The molecule has 1 atom stereocenters. The maximum Gasteiger partial charge on any atom is 0.400 e. The number of benzene rings is 2. The predicted octanol–water partition coefficient (Wildman–Crippen LogP) is 6.36. The van der Waals surface area contributed by atoms with Crippen molar-refractivity contribution in [3.63, 3.8) is 0 Å². The fraction of sp³-hybridized carbons (Fsp3) is 0.294. The Morgan fingerprint density at radius 3 is 2.08 bits per heavy atom. The number of rotatable bonds is 2. The Morgan fingerprint density at radius 1 is 0.958 bits per heavy atom. The SMILES string of the molecule is FC(F)(F)C1(c2cc(Cl)c(Cl)c(Cl)c2)CCN(c2ccccc2)C1. The van der Waals surface area contributed by atoms with Gasteiger partial charge in [0, 0.05) is 18.8 Å². The third-order valence-corrected chi connectivity index (χ3v) is 5.67. The highest BCUT2D eigenvalue weighted by Gasteiger charge is 2.59. The van der Waals surface area contributed by atoms with E-state index >= 15 is 0 Å². The molecule has 0 N–H and O–H groups in total. The van der Waals surface area contributed by atoms with Crippen LogP contribution in [0.5, 0.6) is 0 Å². The number of hydrogen-bond donors (Lipinski definition) is 0. The van der Waals surface area contributed by atoms with E-state index in [0.717, 1.165) is 5.69 Å². The molecule has 128 valence electrons. The minimum atomic E-state index is -4.43. The van der Waals surface area contributed by atoms with Crippen molar-refractivity contribution in [3.05, 3.63) is 63.1 Å². The van der Waals surface area contributed by atoms with Gasteiger partial charge in [-0.25, -0.2) is 0 Å². The zero-order valence-electron chi connectivity index (χ0n) is 12.4. The average molecular weight is 395 g/mol. The molecule has 0 saturated carbocycles. The van der Waals surface area contributed by atoms with Crippen molar-refractivity contribution < 1.29 is 13.2 Å². The molecular formula is C17H13Cl3F3N.